The normalized spacial score (nSPS) is 12.7. The highest BCUT2D eigenvalue weighted by molar-refractivity contribution is 7.09. The molecular formula is C24H25ClF3N3OS. The average Bonchev–Trinajstić information content (AvgIpc) is 3.22. The third kappa shape index (κ3) is 7.55. The molecule has 0 radical (unpaired) electrons. The maximum atomic E-state index is 13.2. The number of halogens is 4. The summed E-state index contributed by atoms with van der Waals surface area (Å²) in [6, 6.07) is 12.7. The number of alkyl halides is 3. The van der Waals surface area contributed by atoms with Crippen molar-refractivity contribution in [1.82, 2.24) is 15.2 Å². The average molecular weight is 496 g/mol. The first-order valence-corrected chi connectivity index (χ1v) is 11.8. The fourth-order valence-electron chi connectivity index (χ4n) is 3.24. The van der Waals surface area contributed by atoms with Crippen LogP contribution in [0.25, 0.3) is 0 Å². The van der Waals surface area contributed by atoms with E-state index in [1.165, 1.54) is 17.4 Å². The van der Waals surface area contributed by atoms with Crippen molar-refractivity contribution in [1.29, 1.82) is 0 Å². The molecule has 0 aliphatic heterocycles. The van der Waals surface area contributed by atoms with E-state index in [0.29, 0.717) is 34.4 Å². The minimum absolute atomic E-state index is 0.0443. The highest BCUT2D eigenvalue weighted by atomic mass is 35.5. The van der Waals surface area contributed by atoms with Crippen LogP contribution in [0.2, 0.25) is 5.02 Å². The van der Waals surface area contributed by atoms with Gasteiger partial charge in [-0.25, -0.2) is 4.98 Å². The highest BCUT2D eigenvalue weighted by Gasteiger charge is 2.30. The fraction of sp³-hybridized carbons (Fsp3) is 0.333. The molecule has 0 saturated carbocycles. The summed E-state index contributed by atoms with van der Waals surface area (Å²) >= 11 is 7.47. The number of hydrogen-bond donors (Lipinski definition) is 1. The Bertz CT molecular complexity index is 1090. The summed E-state index contributed by atoms with van der Waals surface area (Å²) in [5.74, 6) is -0.230. The van der Waals surface area contributed by atoms with Gasteiger partial charge >= 0.3 is 6.18 Å². The summed E-state index contributed by atoms with van der Waals surface area (Å²) in [4.78, 5) is 18.8. The van der Waals surface area contributed by atoms with E-state index in [1.54, 1.807) is 17.5 Å². The maximum Gasteiger partial charge on any atom is 0.416 e. The molecule has 1 N–H and O–H groups in total. The van der Waals surface area contributed by atoms with Gasteiger partial charge in [-0.05, 0) is 42.7 Å². The number of hydrogen-bond acceptors (Lipinski definition) is 4. The molecule has 0 bridgehead atoms. The number of rotatable bonds is 9. The molecule has 0 fully saturated rings. The zero-order chi connectivity index (χ0) is 24.0. The van der Waals surface area contributed by atoms with E-state index in [-0.39, 0.29) is 18.5 Å². The summed E-state index contributed by atoms with van der Waals surface area (Å²) < 4.78 is 39.5. The number of amides is 1. The van der Waals surface area contributed by atoms with Crippen LogP contribution in [0.1, 0.15) is 52.5 Å². The van der Waals surface area contributed by atoms with Gasteiger partial charge in [0, 0.05) is 29.5 Å². The number of benzene rings is 2. The number of carbonyl (C=O) groups excluding carboxylic acids is 1. The Morgan fingerprint density at radius 1 is 1.12 bits per heavy atom. The smallest absolute Gasteiger partial charge is 0.348 e. The van der Waals surface area contributed by atoms with Crippen LogP contribution in [0.4, 0.5) is 13.2 Å². The third-order valence-electron chi connectivity index (χ3n) is 5.09. The number of aromatic nitrogens is 1. The lowest BCUT2D eigenvalue weighted by Gasteiger charge is -2.22. The van der Waals surface area contributed by atoms with Gasteiger partial charge in [-0.2, -0.15) is 13.2 Å². The predicted molar refractivity (Wildman–Crippen MR) is 125 cm³/mol. The second kappa shape index (κ2) is 11.1. The number of carbonyl (C=O) groups is 1. The van der Waals surface area contributed by atoms with Crippen molar-refractivity contribution < 1.29 is 18.0 Å². The first kappa shape index (κ1) is 25.2. The van der Waals surface area contributed by atoms with E-state index < -0.39 is 11.7 Å². The topological polar surface area (TPSA) is 45.2 Å². The van der Waals surface area contributed by atoms with E-state index in [4.69, 9.17) is 11.6 Å². The lowest BCUT2D eigenvalue weighted by atomic mass is 10.1. The van der Waals surface area contributed by atoms with E-state index in [1.807, 2.05) is 36.9 Å². The van der Waals surface area contributed by atoms with Gasteiger partial charge in [0.1, 0.15) is 10.7 Å². The SMILES string of the molecule is CCC(C)NC(=O)c1csc(CN(Cc2cccc(Cl)c2)Cc2cccc(C(F)(F)F)c2)n1. The molecule has 1 aromatic heterocycles. The summed E-state index contributed by atoms with van der Waals surface area (Å²) in [6.45, 7) is 5.03. The monoisotopic (exact) mass is 495 g/mol. The molecule has 0 saturated heterocycles. The van der Waals surface area contributed by atoms with Gasteiger partial charge in [0.2, 0.25) is 0 Å². The van der Waals surface area contributed by atoms with E-state index in [0.717, 1.165) is 24.1 Å². The Morgan fingerprint density at radius 2 is 1.79 bits per heavy atom. The molecule has 0 aliphatic rings. The number of nitrogens with zero attached hydrogens (tertiary/aromatic N) is 2. The Hall–Kier alpha value is -2.42. The van der Waals surface area contributed by atoms with Crippen molar-refractivity contribution in [2.24, 2.45) is 0 Å². The van der Waals surface area contributed by atoms with Gasteiger partial charge in [0.05, 0.1) is 12.1 Å². The van der Waals surface area contributed by atoms with Crippen LogP contribution in [-0.2, 0) is 25.8 Å². The van der Waals surface area contributed by atoms with Crippen LogP contribution in [0.3, 0.4) is 0 Å². The Labute approximate surface area is 200 Å². The minimum atomic E-state index is -4.40. The molecule has 0 spiro atoms. The van der Waals surface area contributed by atoms with Crippen molar-refractivity contribution in [2.75, 3.05) is 0 Å². The van der Waals surface area contributed by atoms with E-state index in [9.17, 15) is 18.0 Å². The summed E-state index contributed by atoms with van der Waals surface area (Å²) in [5, 5.41) is 5.89. The lowest BCUT2D eigenvalue weighted by molar-refractivity contribution is -0.137. The summed E-state index contributed by atoms with van der Waals surface area (Å²) in [6.07, 6.45) is -3.59. The third-order valence-corrected chi connectivity index (χ3v) is 6.16. The van der Waals surface area contributed by atoms with Crippen LogP contribution < -0.4 is 5.32 Å². The molecule has 0 aliphatic carbocycles. The molecule has 33 heavy (non-hydrogen) atoms. The molecule has 176 valence electrons. The van der Waals surface area contributed by atoms with Crippen LogP contribution in [-0.4, -0.2) is 21.8 Å². The molecule has 9 heteroatoms. The quantitative estimate of drug-likeness (QED) is 0.366. The largest absolute Gasteiger partial charge is 0.416 e. The molecule has 1 amide bonds. The van der Waals surface area contributed by atoms with Crippen LogP contribution in [0.5, 0.6) is 0 Å². The maximum absolute atomic E-state index is 13.2. The van der Waals surface area contributed by atoms with Crippen molar-refractivity contribution in [3.05, 3.63) is 86.3 Å². The Balaban J connectivity index is 1.80. The molecule has 1 unspecified atom stereocenters. The predicted octanol–water partition coefficient (Wildman–Crippen LogP) is 6.55. The Morgan fingerprint density at radius 3 is 2.42 bits per heavy atom. The van der Waals surface area contributed by atoms with Crippen molar-refractivity contribution in [3.63, 3.8) is 0 Å². The zero-order valence-corrected chi connectivity index (χ0v) is 19.9. The minimum Gasteiger partial charge on any atom is -0.348 e. The highest BCUT2D eigenvalue weighted by Crippen LogP contribution is 2.30. The first-order chi connectivity index (χ1) is 15.6. The molecular weight excluding hydrogens is 471 g/mol. The van der Waals surface area contributed by atoms with Gasteiger partial charge < -0.3 is 5.32 Å². The van der Waals surface area contributed by atoms with E-state index in [2.05, 4.69) is 10.3 Å². The zero-order valence-electron chi connectivity index (χ0n) is 18.3. The number of nitrogens with one attached hydrogen (secondary N) is 1. The molecule has 4 nitrogen and oxygen atoms in total. The van der Waals surface area contributed by atoms with Crippen molar-refractivity contribution >= 4 is 28.8 Å². The molecule has 3 aromatic rings. The molecule has 1 heterocycles. The van der Waals surface area contributed by atoms with Crippen molar-refractivity contribution in [3.8, 4) is 0 Å². The first-order valence-electron chi connectivity index (χ1n) is 10.5. The number of thiazole rings is 1. The lowest BCUT2D eigenvalue weighted by Crippen LogP contribution is -2.32. The van der Waals surface area contributed by atoms with Crippen LogP contribution in [0.15, 0.2) is 53.9 Å². The second-order valence-electron chi connectivity index (χ2n) is 7.88. The molecule has 3 rings (SSSR count). The summed E-state index contributed by atoms with van der Waals surface area (Å²) in [5.41, 5.74) is 1.14. The van der Waals surface area contributed by atoms with Gasteiger partial charge in [0.25, 0.3) is 5.91 Å². The van der Waals surface area contributed by atoms with Gasteiger partial charge in [0.15, 0.2) is 0 Å². The summed E-state index contributed by atoms with van der Waals surface area (Å²) in [7, 11) is 0. The molecule has 2 aromatic carbocycles. The standard InChI is InChI=1S/C24H25ClF3N3OS/c1-3-16(2)29-23(32)21-15-33-22(30-21)14-31(13-18-7-5-9-20(25)11-18)12-17-6-4-8-19(10-17)24(26,27)28/h4-11,15-16H,3,12-14H2,1-2H3,(H,29,32). The fourth-order valence-corrected chi connectivity index (χ4v) is 4.27. The molecule has 1 atom stereocenters. The van der Waals surface area contributed by atoms with Gasteiger partial charge in [-0.3, -0.25) is 9.69 Å². The van der Waals surface area contributed by atoms with Gasteiger partial charge in [-0.1, -0.05) is 48.9 Å². The van der Waals surface area contributed by atoms with E-state index >= 15 is 0 Å². The van der Waals surface area contributed by atoms with Crippen LogP contribution >= 0.6 is 22.9 Å². The second-order valence-corrected chi connectivity index (χ2v) is 9.26. The Kier molecular flexibility index (Phi) is 8.51. The van der Waals surface area contributed by atoms with Crippen LogP contribution in [0, 0.1) is 0 Å². The van der Waals surface area contributed by atoms with Gasteiger partial charge in [-0.15, -0.1) is 11.3 Å². The van der Waals surface area contributed by atoms with Crippen molar-refractivity contribution in [2.45, 2.75) is 52.1 Å².